The minimum atomic E-state index is 0.534. The van der Waals surface area contributed by atoms with Crippen molar-refractivity contribution in [3.05, 3.63) is 58.6 Å². The molecule has 100 valence electrons. The zero-order valence-corrected chi connectivity index (χ0v) is 12.5. The maximum atomic E-state index is 5.83. The Labute approximate surface area is 122 Å². The van der Waals surface area contributed by atoms with Crippen LogP contribution in [0.2, 0.25) is 0 Å². The summed E-state index contributed by atoms with van der Waals surface area (Å²) in [6.45, 7) is 3.33. The quantitative estimate of drug-likeness (QED) is 0.759. The maximum Gasteiger partial charge on any atom is 0.161 e. The summed E-state index contributed by atoms with van der Waals surface area (Å²) in [6.07, 6.45) is 0.986. The molecule has 0 bridgehead atoms. The summed E-state index contributed by atoms with van der Waals surface area (Å²) in [4.78, 5) is 0. The monoisotopic (exact) mass is 320 g/mol. The van der Waals surface area contributed by atoms with E-state index in [9.17, 15) is 0 Å². The van der Waals surface area contributed by atoms with Gasteiger partial charge in [-0.1, -0.05) is 47.1 Å². The number of para-hydroxylation sites is 2. The zero-order chi connectivity index (χ0) is 13.5. The third-order valence-electron chi connectivity index (χ3n) is 2.59. The Morgan fingerprint density at radius 1 is 0.947 bits per heavy atom. The van der Waals surface area contributed by atoms with Gasteiger partial charge in [0.1, 0.15) is 6.61 Å². The Morgan fingerprint density at radius 3 is 2.37 bits per heavy atom. The molecule has 2 rings (SSSR count). The SMILES string of the molecule is CCCOc1ccccc1OCc1cccc(Br)c1. The van der Waals surface area contributed by atoms with E-state index in [1.807, 2.05) is 42.5 Å². The van der Waals surface area contributed by atoms with Gasteiger partial charge >= 0.3 is 0 Å². The molecule has 0 N–H and O–H groups in total. The Morgan fingerprint density at radius 2 is 1.68 bits per heavy atom. The molecule has 0 spiro atoms. The van der Waals surface area contributed by atoms with Gasteiger partial charge in [-0.3, -0.25) is 0 Å². The fourth-order valence-corrected chi connectivity index (χ4v) is 2.14. The van der Waals surface area contributed by atoms with E-state index in [2.05, 4.69) is 28.9 Å². The van der Waals surface area contributed by atoms with Crippen LogP contribution in [-0.2, 0) is 6.61 Å². The highest BCUT2D eigenvalue weighted by molar-refractivity contribution is 9.10. The highest BCUT2D eigenvalue weighted by Crippen LogP contribution is 2.27. The number of ether oxygens (including phenoxy) is 2. The molecule has 0 heterocycles. The number of hydrogen-bond donors (Lipinski definition) is 0. The van der Waals surface area contributed by atoms with Crippen molar-refractivity contribution in [1.82, 2.24) is 0 Å². The fraction of sp³-hybridized carbons (Fsp3) is 0.250. The lowest BCUT2D eigenvalue weighted by Crippen LogP contribution is -2.00. The lowest BCUT2D eigenvalue weighted by Gasteiger charge is -2.12. The van der Waals surface area contributed by atoms with Gasteiger partial charge < -0.3 is 9.47 Å². The van der Waals surface area contributed by atoms with Crippen LogP contribution < -0.4 is 9.47 Å². The Kier molecular flexibility index (Phi) is 5.28. The van der Waals surface area contributed by atoms with Gasteiger partial charge in [-0.25, -0.2) is 0 Å². The summed E-state index contributed by atoms with van der Waals surface area (Å²) in [6, 6.07) is 15.9. The minimum absolute atomic E-state index is 0.534. The summed E-state index contributed by atoms with van der Waals surface area (Å²) >= 11 is 3.46. The number of benzene rings is 2. The molecule has 0 aliphatic carbocycles. The highest BCUT2D eigenvalue weighted by atomic mass is 79.9. The summed E-state index contributed by atoms with van der Waals surface area (Å²) in [7, 11) is 0. The number of rotatable bonds is 6. The molecular formula is C16H17BrO2. The van der Waals surface area contributed by atoms with E-state index in [0.717, 1.165) is 28.0 Å². The van der Waals surface area contributed by atoms with Crippen LogP contribution in [0.3, 0.4) is 0 Å². The minimum Gasteiger partial charge on any atom is -0.490 e. The van der Waals surface area contributed by atoms with Gasteiger partial charge in [0.15, 0.2) is 11.5 Å². The Balaban J connectivity index is 2.02. The molecule has 3 heteroatoms. The van der Waals surface area contributed by atoms with E-state index in [-0.39, 0.29) is 0 Å². The third kappa shape index (κ3) is 4.28. The smallest absolute Gasteiger partial charge is 0.161 e. The van der Waals surface area contributed by atoms with E-state index in [0.29, 0.717) is 13.2 Å². The molecule has 0 fully saturated rings. The molecule has 0 saturated heterocycles. The van der Waals surface area contributed by atoms with Crippen LogP contribution in [0.5, 0.6) is 11.5 Å². The van der Waals surface area contributed by atoms with Crippen molar-refractivity contribution in [2.75, 3.05) is 6.61 Å². The van der Waals surface area contributed by atoms with Crippen LogP contribution >= 0.6 is 15.9 Å². The molecule has 19 heavy (non-hydrogen) atoms. The standard InChI is InChI=1S/C16H17BrO2/c1-2-10-18-15-8-3-4-9-16(15)19-12-13-6-5-7-14(17)11-13/h3-9,11H,2,10,12H2,1H3. The topological polar surface area (TPSA) is 18.5 Å². The molecule has 0 aromatic heterocycles. The first-order valence-corrected chi connectivity index (χ1v) is 7.18. The molecule has 2 nitrogen and oxygen atoms in total. The largest absolute Gasteiger partial charge is 0.490 e. The third-order valence-corrected chi connectivity index (χ3v) is 3.09. The molecule has 0 saturated carbocycles. The first-order valence-electron chi connectivity index (χ1n) is 6.38. The fourth-order valence-electron chi connectivity index (χ4n) is 1.69. The second-order valence-corrected chi connectivity index (χ2v) is 5.13. The molecule has 0 aliphatic heterocycles. The van der Waals surface area contributed by atoms with Crippen molar-refractivity contribution in [2.45, 2.75) is 20.0 Å². The van der Waals surface area contributed by atoms with Crippen molar-refractivity contribution in [3.8, 4) is 11.5 Å². The lowest BCUT2D eigenvalue weighted by molar-refractivity contribution is 0.262. The van der Waals surface area contributed by atoms with Crippen molar-refractivity contribution < 1.29 is 9.47 Å². The van der Waals surface area contributed by atoms with E-state index in [1.54, 1.807) is 0 Å². The summed E-state index contributed by atoms with van der Waals surface area (Å²) in [5, 5.41) is 0. The molecule has 0 amide bonds. The van der Waals surface area contributed by atoms with Crippen molar-refractivity contribution >= 4 is 15.9 Å². The van der Waals surface area contributed by atoms with Gasteiger partial charge in [0, 0.05) is 4.47 Å². The Hall–Kier alpha value is -1.48. The summed E-state index contributed by atoms with van der Waals surface area (Å²) < 4.78 is 12.6. The van der Waals surface area contributed by atoms with Crippen molar-refractivity contribution in [1.29, 1.82) is 0 Å². The van der Waals surface area contributed by atoms with Crippen LogP contribution in [0.4, 0.5) is 0 Å². The molecule has 0 radical (unpaired) electrons. The molecular weight excluding hydrogens is 304 g/mol. The van der Waals surface area contributed by atoms with E-state index < -0.39 is 0 Å². The van der Waals surface area contributed by atoms with E-state index in [4.69, 9.17) is 9.47 Å². The molecule has 0 unspecified atom stereocenters. The first-order chi connectivity index (χ1) is 9.29. The van der Waals surface area contributed by atoms with Gasteiger partial charge in [0.25, 0.3) is 0 Å². The van der Waals surface area contributed by atoms with Gasteiger partial charge in [-0.05, 0) is 36.2 Å². The summed E-state index contributed by atoms with van der Waals surface area (Å²) in [5.41, 5.74) is 1.12. The molecule has 2 aromatic rings. The van der Waals surface area contributed by atoms with Crippen LogP contribution in [0, 0.1) is 0 Å². The van der Waals surface area contributed by atoms with E-state index in [1.165, 1.54) is 0 Å². The summed E-state index contributed by atoms with van der Waals surface area (Å²) in [5.74, 6) is 1.59. The molecule has 0 aliphatic rings. The van der Waals surface area contributed by atoms with Crippen LogP contribution in [0.25, 0.3) is 0 Å². The van der Waals surface area contributed by atoms with Crippen LogP contribution in [0.15, 0.2) is 53.0 Å². The second-order valence-electron chi connectivity index (χ2n) is 4.21. The van der Waals surface area contributed by atoms with Gasteiger partial charge in [0.2, 0.25) is 0 Å². The number of halogens is 1. The zero-order valence-electron chi connectivity index (χ0n) is 10.9. The first kappa shape index (κ1) is 13.9. The highest BCUT2D eigenvalue weighted by Gasteiger charge is 2.04. The average molecular weight is 321 g/mol. The van der Waals surface area contributed by atoms with Gasteiger partial charge in [-0.2, -0.15) is 0 Å². The lowest BCUT2D eigenvalue weighted by atomic mass is 10.2. The van der Waals surface area contributed by atoms with Crippen molar-refractivity contribution in [3.63, 3.8) is 0 Å². The molecule has 2 aromatic carbocycles. The predicted molar refractivity (Wildman–Crippen MR) is 80.7 cm³/mol. The maximum absolute atomic E-state index is 5.83. The van der Waals surface area contributed by atoms with Gasteiger partial charge in [-0.15, -0.1) is 0 Å². The van der Waals surface area contributed by atoms with E-state index >= 15 is 0 Å². The van der Waals surface area contributed by atoms with Crippen LogP contribution in [0.1, 0.15) is 18.9 Å². The number of hydrogen-bond acceptors (Lipinski definition) is 2. The normalized spacial score (nSPS) is 10.2. The average Bonchev–Trinajstić information content (AvgIpc) is 2.44. The Bertz CT molecular complexity index is 526. The van der Waals surface area contributed by atoms with Gasteiger partial charge in [0.05, 0.1) is 6.61 Å². The van der Waals surface area contributed by atoms with Crippen molar-refractivity contribution in [2.24, 2.45) is 0 Å². The predicted octanol–water partition coefficient (Wildman–Crippen LogP) is 4.82. The molecule has 0 atom stereocenters. The van der Waals surface area contributed by atoms with Crippen LogP contribution in [-0.4, -0.2) is 6.61 Å². The second kappa shape index (κ2) is 7.19.